The third-order valence-electron chi connectivity index (χ3n) is 3.56. The molecule has 7 nitrogen and oxygen atoms in total. The van der Waals surface area contributed by atoms with E-state index in [9.17, 15) is 15.0 Å². The number of nitrogen functional groups attached to an aromatic ring is 1. The largest absolute Gasteiger partial charge is 0.388 e. The van der Waals surface area contributed by atoms with Crippen molar-refractivity contribution in [2.24, 2.45) is 0 Å². The zero-order chi connectivity index (χ0) is 16.7. The minimum atomic E-state index is -1.26. The summed E-state index contributed by atoms with van der Waals surface area (Å²) in [6.07, 6.45) is 3.15. The number of hydrogen-bond acceptors (Lipinski definition) is 6. The Hall–Kier alpha value is -0.660. The Kier molecular flexibility index (Phi) is 5.19. The summed E-state index contributed by atoms with van der Waals surface area (Å²) >= 11 is 3.18. The van der Waals surface area contributed by atoms with Crippen LogP contribution in [0.3, 0.4) is 0 Å². The van der Waals surface area contributed by atoms with E-state index >= 15 is 0 Å². The predicted octanol–water partition coefficient (Wildman–Crippen LogP) is 0.306. The number of aliphatic hydroxyl groups excluding tert-OH is 2. The van der Waals surface area contributed by atoms with E-state index in [1.165, 1.54) is 6.20 Å². The van der Waals surface area contributed by atoms with Gasteiger partial charge in [0.25, 0.3) is 0 Å². The number of nitrogens with two attached hydrogens (primary N) is 1. The van der Waals surface area contributed by atoms with E-state index in [1.54, 1.807) is 0 Å². The van der Waals surface area contributed by atoms with Crippen LogP contribution in [0.25, 0.3) is 0 Å². The van der Waals surface area contributed by atoms with E-state index in [2.05, 4.69) is 40.5 Å². The van der Waals surface area contributed by atoms with Crippen molar-refractivity contribution in [3.05, 3.63) is 21.2 Å². The molecule has 0 amide bonds. The Morgan fingerprint density at radius 2 is 2.14 bits per heavy atom. The van der Waals surface area contributed by atoms with E-state index in [1.807, 2.05) is 0 Å². The van der Waals surface area contributed by atoms with Crippen LogP contribution in [-0.2, 0) is 4.74 Å². The molecule has 4 atom stereocenters. The summed E-state index contributed by atoms with van der Waals surface area (Å²) in [6.45, 7) is 2.92. The molecule has 1 aromatic heterocycles. The Bertz CT molecular complexity index is 659. The first-order chi connectivity index (χ1) is 10.1. The van der Waals surface area contributed by atoms with Crippen molar-refractivity contribution in [1.82, 2.24) is 9.55 Å². The molecule has 0 aromatic carbocycles. The molecule has 0 unspecified atom stereocenters. The van der Waals surface area contributed by atoms with Gasteiger partial charge in [0, 0.05) is 6.20 Å². The van der Waals surface area contributed by atoms with Gasteiger partial charge < -0.3 is 20.7 Å². The lowest BCUT2D eigenvalue weighted by Gasteiger charge is -2.19. The molecular formula is C13H21BrN3O4P. The molecule has 2 heterocycles. The van der Waals surface area contributed by atoms with Gasteiger partial charge in [-0.15, -0.1) is 13.2 Å². The van der Waals surface area contributed by atoms with Crippen LogP contribution in [0.2, 0.25) is 0 Å². The molecule has 0 bridgehead atoms. The second-order valence-electron chi connectivity index (χ2n) is 6.16. The highest BCUT2D eigenvalue weighted by Crippen LogP contribution is 2.39. The summed E-state index contributed by atoms with van der Waals surface area (Å²) in [7, 11) is 0. The van der Waals surface area contributed by atoms with Crippen LogP contribution in [0.4, 0.5) is 5.82 Å². The normalized spacial score (nSPS) is 29.0. The first kappa shape index (κ1) is 17.7. The number of halogens is 1. The third kappa shape index (κ3) is 3.81. The van der Waals surface area contributed by atoms with Gasteiger partial charge in [0.1, 0.15) is 18.0 Å². The summed E-state index contributed by atoms with van der Waals surface area (Å²) in [5, 5.41) is 20.3. The van der Waals surface area contributed by atoms with Gasteiger partial charge in [0.15, 0.2) is 6.23 Å². The number of nitrogens with zero attached hydrogens (tertiary/aromatic N) is 2. The molecule has 0 aliphatic carbocycles. The first-order valence-electron chi connectivity index (χ1n) is 6.83. The molecule has 1 aromatic rings. The fourth-order valence-corrected chi connectivity index (χ4v) is 3.58. The molecule has 1 fully saturated rings. The Labute approximate surface area is 137 Å². The van der Waals surface area contributed by atoms with Crippen molar-refractivity contribution in [2.45, 2.75) is 31.0 Å². The molecule has 22 heavy (non-hydrogen) atoms. The molecule has 0 saturated carbocycles. The molecule has 4 N–H and O–H groups in total. The highest BCUT2D eigenvalue weighted by Gasteiger charge is 2.44. The average molecular weight is 394 g/mol. The fourth-order valence-electron chi connectivity index (χ4n) is 2.31. The summed E-state index contributed by atoms with van der Waals surface area (Å²) < 4.78 is 7.25. The van der Waals surface area contributed by atoms with Crippen molar-refractivity contribution in [1.29, 1.82) is 0 Å². The van der Waals surface area contributed by atoms with Crippen molar-refractivity contribution in [3.63, 3.8) is 0 Å². The second kappa shape index (κ2) is 6.45. The number of rotatable bonds is 4. The van der Waals surface area contributed by atoms with Gasteiger partial charge in [-0.25, -0.2) is 4.79 Å². The summed E-state index contributed by atoms with van der Waals surface area (Å²) in [4.78, 5) is 15.6. The lowest BCUT2D eigenvalue weighted by molar-refractivity contribution is -0.0402. The van der Waals surface area contributed by atoms with Crippen molar-refractivity contribution in [2.75, 3.05) is 25.2 Å². The van der Waals surface area contributed by atoms with Gasteiger partial charge in [-0.2, -0.15) is 4.98 Å². The van der Waals surface area contributed by atoms with Crippen molar-refractivity contribution in [3.8, 4) is 0 Å². The van der Waals surface area contributed by atoms with Gasteiger partial charge in [0.05, 0.1) is 10.6 Å². The van der Waals surface area contributed by atoms with Crippen LogP contribution in [0.15, 0.2) is 15.5 Å². The quantitative estimate of drug-likeness (QED) is 0.634. The monoisotopic (exact) mass is 393 g/mol. The predicted molar refractivity (Wildman–Crippen MR) is 91.9 cm³/mol. The van der Waals surface area contributed by atoms with Crippen LogP contribution in [0.1, 0.15) is 12.6 Å². The minimum absolute atomic E-state index is 0.0643. The number of aliphatic hydroxyl groups is 2. The molecule has 9 heteroatoms. The molecule has 0 spiro atoms. The molecule has 1 saturated heterocycles. The Morgan fingerprint density at radius 1 is 1.50 bits per heavy atom. The zero-order valence-corrected chi connectivity index (χ0v) is 15.0. The minimum Gasteiger partial charge on any atom is -0.388 e. The van der Waals surface area contributed by atoms with E-state index in [0.29, 0.717) is 10.9 Å². The topological polar surface area (TPSA) is 111 Å². The van der Waals surface area contributed by atoms with E-state index < -0.39 is 37.1 Å². The lowest BCUT2D eigenvalue weighted by Crippen LogP contribution is -2.35. The summed E-state index contributed by atoms with van der Waals surface area (Å²) in [5.41, 5.74) is 4.91. The van der Waals surface area contributed by atoms with E-state index in [-0.39, 0.29) is 5.82 Å². The molecule has 1 aliphatic heterocycles. The average Bonchev–Trinajstić information content (AvgIpc) is 2.68. The molecule has 124 valence electrons. The zero-order valence-electron chi connectivity index (χ0n) is 12.5. The molecular weight excluding hydrogens is 373 g/mol. The molecule has 0 radical (unpaired) electrons. The van der Waals surface area contributed by atoms with Gasteiger partial charge >= 0.3 is 5.69 Å². The van der Waals surface area contributed by atoms with Gasteiger partial charge in [0.2, 0.25) is 0 Å². The van der Waals surface area contributed by atoms with E-state index in [4.69, 9.17) is 10.5 Å². The highest BCUT2D eigenvalue weighted by molar-refractivity contribution is 9.10. The van der Waals surface area contributed by atoms with Crippen molar-refractivity contribution < 1.29 is 14.9 Å². The standard InChI is InChI=1S/C13H21BrN3O4P/c1-22(2,3)5-4-8-9(18)10(19)12(21-8)17-6-7(14)11(15)16-13(17)20/h6,8-10,12,18-19H,1,4-5H2,2-3H3,(H2,15,16,20)/t8-,9-,10-,12-/m1/s1. The summed E-state index contributed by atoms with van der Waals surface area (Å²) in [6, 6.07) is 0. The van der Waals surface area contributed by atoms with Crippen LogP contribution in [-0.4, -0.2) is 63.9 Å². The van der Waals surface area contributed by atoms with Crippen LogP contribution < -0.4 is 11.4 Å². The van der Waals surface area contributed by atoms with Crippen molar-refractivity contribution >= 4 is 34.9 Å². The third-order valence-corrected chi connectivity index (χ3v) is 5.64. The Morgan fingerprint density at radius 3 is 2.73 bits per heavy atom. The number of anilines is 1. The SMILES string of the molecule is C=P(C)(C)CC[C@H]1O[C@@H](n2cc(Br)c(N)nc2=O)[C@H](O)[C@@H]1O. The van der Waals surface area contributed by atoms with Crippen LogP contribution >= 0.6 is 22.8 Å². The fraction of sp³-hybridized carbons (Fsp3) is 0.615. The summed E-state index contributed by atoms with van der Waals surface area (Å²) in [5.74, 6) is 0.0643. The number of ether oxygens (including phenoxy) is 1. The maximum absolute atomic E-state index is 11.9. The van der Waals surface area contributed by atoms with Crippen LogP contribution in [0.5, 0.6) is 0 Å². The van der Waals surface area contributed by atoms with Gasteiger partial charge in [-0.05, 0) is 41.8 Å². The van der Waals surface area contributed by atoms with Gasteiger partial charge in [-0.3, -0.25) is 4.57 Å². The number of hydrogen-bond donors (Lipinski definition) is 3. The van der Waals surface area contributed by atoms with Crippen LogP contribution in [0, 0.1) is 0 Å². The maximum Gasteiger partial charge on any atom is 0.351 e. The maximum atomic E-state index is 11.9. The first-order valence-corrected chi connectivity index (χ1v) is 10.7. The second-order valence-corrected chi connectivity index (χ2v) is 11.3. The van der Waals surface area contributed by atoms with Gasteiger partial charge in [-0.1, -0.05) is 0 Å². The molecule has 1 aliphatic rings. The smallest absolute Gasteiger partial charge is 0.351 e. The Balaban J connectivity index is 2.22. The van der Waals surface area contributed by atoms with E-state index in [0.717, 1.165) is 10.7 Å². The highest BCUT2D eigenvalue weighted by atomic mass is 79.9. The lowest BCUT2D eigenvalue weighted by atomic mass is 10.1. The number of aromatic nitrogens is 2. The molecule has 2 rings (SSSR count).